The van der Waals surface area contributed by atoms with Gasteiger partial charge in [-0.3, -0.25) is 0 Å². The van der Waals surface area contributed by atoms with Crippen LogP contribution in [0.15, 0.2) is 28.8 Å². The summed E-state index contributed by atoms with van der Waals surface area (Å²) in [6.45, 7) is 0.981. The number of nitrogens with zero attached hydrogens (tertiary/aromatic N) is 2. The summed E-state index contributed by atoms with van der Waals surface area (Å²) in [4.78, 5) is 4.28. The summed E-state index contributed by atoms with van der Waals surface area (Å²) >= 11 is 0. The molecule has 94 valence electrons. The Morgan fingerprint density at radius 2 is 2.28 bits per heavy atom. The van der Waals surface area contributed by atoms with Gasteiger partial charge in [0.1, 0.15) is 11.3 Å². The normalized spacial score (nSPS) is 23.4. The Morgan fingerprint density at radius 3 is 3.00 bits per heavy atom. The number of nitrogens with two attached hydrogens (primary N) is 1. The van der Waals surface area contributed by atoms with Gasteiger partial charge in [0.2, 0.25) is 11.7 Å². The van der Waals surface area contributed by atoms with Crippen molar-refractivity contribution in [3.8, 4) is 17.1 Å². The molecular formula is C12H13N3O3. The highest BCUT2D eigenvalue weighted by Crippen LogP contribution is 2.28. The van der Waals surface area contributed by atoms with Crippen molar-refractivity contribution in [2.45, 2.75) is 12.0 Å². The molecule has 1 atom stereocenters. The summed E-state index contributed by atoms with van der Waals surface area (Å²) < 4.78 is 10.5. The largest absolute Gasteiger partial charge is 0.508 e. The lowest BCUT2D eigenvalue weighted by Gasteiger charge is -2.14. The number of phenols is 1. The average Bonchev–Trinajstić information content (AvgIpc) is 2.98. The molecule has 18 heavy (non-hydrogen) atoms. The zero-order valence-corrected chi connectivity index (χ0v) is 9.67. The Balaban J connectivity index is 1.94. The monoisotopic (exact) mass is 247 g/mol. The minimum absolute atomic E-state index is 0.158. The molecule has 0 bridgehead atoms. The summed E-state index contributed by atoms with van der Waals surface area (Å²) in [5, 5.41) is 13.3. The summed E-state index contributed by atoms with van der Waals surface area (Å²) in [5.74, 6) is 0.946. The van der Waals surface area contributed by atoms with E-state index in [4.69, 9.17) is 15.0 Å². The highest BCUT2D eigenvalue weighted by atomic mass is 16.5. The molecule has 0 spiro atoms. The molecule has 0 amide bonds. The Bertz CT molecular complexity index is 561. The smallest absolute Gasteiger partial charge is 0.249 e. The second-order valence-electron chi connectivity index (χ2n) is 4.43. The number of hydrogen-bond acceptors (Lipinski definition) is 6. The van der Waals surface area contributed by atoms with Gasteiger partial charge in [0.15, 0.2) is 0 Å². The number of benzene rings is 1. The second kappa shape index (κ2) is 4.08. The molecule has 1 saturated heterocycles. The molecule has 1 aliphatic heterocycles. The van der Waals surface area contributed by atoms with Gasteiger partial charge in [0.25, 0.3) is 0 Å². The molecule has 1 aromatic heterocycles. The first kappa shape index (κ1) is 11.2. The number of phenolic OH excluding ortho intramolecular Hbond substituents is 1. The van der Waals surface area contributed by atoms with Crippen LogP contribution in [0.25, 0.3) is 11.4 Å². The number of aromatic hydroxyl groups is 1. The van der Waals surface area contributed by atoms with Crippen molar-refractivity contribution in [3.05, 3.63) is 30.2 Å². The second-order valence-corrected chi connectivity index (χ2v) is 4.43. The quantitative estimate of drug-likeness (QED) is 0.822. The molecule has 3 rings (SSSR count). The van der Waals surface area contributed by atoms with Crippen LogP contribution in [0.5, 0.6) is 5.75 Å². The van der Waals surface area contributed by atoms with Gasteiger partial charge < -0.3 is 20.1 Å². The van der Waals surface area contributed by atoms with Crippen LogP contribution in [-0.4, -0.2) is 28.5 Å². The van der Waals surface area contributed by atoms with Crippen molar-refractivity contribution in [3.63, 3.8) is 0 Å². The van der Waals surface area contributed by atoms with Gasteiger partial charge >= 0.3 is 0 Å². The van der Waals surface area contributed by atoms with Crippen LogP contribution >= 0.6 is 0 Å². The minimum atomic E-state index is -0.692. The molecule has 6 heteroatoms. The topological polar surface area (TPSA) is 94.4 Å². The maximum absolute atomic E-state index is 9.41. The van der Waals surface area contributed by atoms with E-state index in [1.54, 1.807) is 24.3 Å². The van der Waals surface area contributed by atoms with Crippen LogP contribution < -0.4 is 5.73 Å². The number of hydrogen-bond donors (Lipinski definition) is 2. The number of aromatic nitrogens is 2. The lowest BCUT2D eigenvalue weighted by molar-refractivity contribution is 0.166. The van der Waals surface area contributed by atoms with Crippen molar-refractivity contribution < 1.29 is 14.4 Å². The predicted molar refractivity (Wildman–Crippen MR) is 62.7 cm³/mol. The van der Waals surface area contributed by atoms with E-state index in [0.717, 1.165) is 0 Å². The fraction of sp³-hybridized carbons (Fsp3) is 0.333. The van der Waals surface area contributed by atoms with Crippen molar-refractivity contribution in [1.82, 2.24) is 10.1 Å². The molecule has 1 aliphatic rings. The first-order valence-electron chi connectivity index (χ1n) is 5.68. The third-order valence-corrected chi connectivity index (χ3v) is 3.01. The number of ether oxygens (including phenoxy) is 1. The lowest BCUT2D eigenvalue weighted by atomic mass is 10.0. The van der Waals surface area contributed by atoms with Gasteiger partial charge in [-0.05, 0) is 18.6 Å². The van der Waals surface area contributed by atoms with Crippen molar-refractivity contribution in [2.24, 2.45) is 5.73 Å². The van der Waals surface area contributed by atoms with Gasteiger partial charge in [-0.2, -0.15) is 4.98 Å². The fourth-order valence-corrected chi connectivity index (χ4v) is 1.94. The van der Waals surface area contributed by atoms with Crippen LogP contribution in [0.2, 0.25) is 0 Å². The maximum atomic E-state index is 9.41. The standard InChI is InChI=1S/C12H13N3O3/c13-12(4-5-17-7-12)11-14-10(15-18-11)8-2-1-3-9(16)6-8/h1-3,6,16H,4-5,7,13H2. The van der Waals surface area contributed by atoms with Crippen LogP contribution in [0.3, 0.4) is 0 Å². The zero-order chi connectivity index (χ0) is 12.6. The molecule has 1 unspecified atom stereocenters. The summed E-state index contributed by atoms with van der Waals surface area (Å²) in [5.41, 5.74) is 6.13. The van der Waals surface area contributed by atoms with E-state index in [1.165, 1.54) is 0 Å². The van der Waals surface area contributed by atoms with Gasteiger partial charge in [0.05, 0.1) is 6.61 Å². The zero-order valence-electron chi connectivity index (χ0n) is 9.67. The third kappa shape index (κ3) is 1.85. The van der Waals surface area contributed by atoms with E-state index in [2.05, 4.69) is 10.1 Å². The third-order valence-electron chi connectivity index (χ3n) is 3.01. The van der Waals surface area contributed by atoms with Crippen LogP contribution in [0.1, 0.15) is 12.3 Å². The first-order valence-corrected chi connectivity index (χ1v) is 5.68. The van der Waals surface area contributed by atoms with Crippen molar-refractivity contribution in [2.75, 3.05) is 13.2 Å². The van der Waals surface area contributed by atoms with Gasteiger partial charge in [0, 0.05) is 12.2 Å². The fourth-order valence-electron chi connectivity index (χ4n) is 1.94. The predicted octanol–water partition coefficient (Wildman–Crippen LogP) is 1.02. The van der Waals surface area contributed by atoms with E-state index in [-0.39, 0.29) is 5.75 Å². The van der Waals surface area contributed by atoms with E-state index in [0.29, 0.717) is 36.9 Å². The molecule has 3 N–H and O–H groups in total. The Hall–Kier alpha value is -1.92. The van der Waals surface area contributed by atoms with Crippen LogP contribution in [0, 0.1) is 0 Å². The van der Waals surface area contributed by atoms with Crippen LogP contribution in [-0.2, 0) is 10.3 Å². The number of rotatable bonds is 2. The summed E-state index contributed by atoms with van der Waals surface area (Å²) in [6, 6.07) is 6.67. The van der Waals surface area contributed by atoms with Gasteiger partial charge in [-0.25, -0.2) is 0 Å². The molecular weight excluding hydrogens is 234 g/mol. The maximum Gasteiger partial charge on any atom is 0.249 e. The Labute approximate surface area is 103 Å². The van der Waals surface area contributed by atoms with Gasteiger partial charge in [-0.1, -0.05) is 17.3 Å². The average molecular weight is 247 g/mol. The highest BCUT2D eigenvalue weighted by molar-refractivity contribution is 5.56. The van der Waals surface area contributed by atoms with E-state index in [1.807, 2.05) is 0 Å². The van der Waals surface area contributed by atoms with Gasteiger partial charge in [-0.15, -0.1) is 0 Å². The molecule has 6 nitrogen and oxygen atoms in total. The van der Waals surface area contributed by atoms with Crippen LogP contribution in [0.4, 0.5) is 0 Å². The van der Waals surface area contributed by atoms with Crippen molar-refractivity contribution >= 4 is 0 Å². The lowest BCUT2D eigenvalue weighted by Crippen LogP contribution is -2.37. The molecule has 1 fully saturated rings. The Kier molecular flexibility index (Phi) is 2.53. The van der Waals surface area contributed by atoms with E-state index < -0.39 is 5.54 Å². The highest BCUT2D eigenvalue weighted by Gasteiger charge is 2.38. The summed E-state index contributed by atoms with van der Waals surface area (Å²) in [6.07, 6.45) is 0.661. The van der Waals surface area contributed by atoms with Crippen molar-refractivity contribution in [1.29, 1.82) is 0 Å². The van der Waals surface area contributed by atoms with E-state index in [9.17, 15) is 5.11 Å². The molecule has 0 saturated carbocycles. The minimum Gasteiger partial charge on any atom is -0.508 e. The molecule has 0 radical (unpaired) electrons. The molecule has 1 aromatic carbocycles. The molecule has 2 aromatic rings. The summed E-state index contributed by atoms with van der Waals surface area (Å²) in [7, 11) is 0. The SMILES string of the molecule is NC1(c2nc(-c3cccc(O)c3)no2)CCOC1. The molecule has 0 aliphatic carbocycles. The Morgan fingerprint density at radius 1 is 1.39 bits per heavy atom. The first-order chi connectivity index (χ1) is 8.67. The molecule has 2 heterocycles. The van der Waals surface area contributed by atoms with E-state index >= 15 is 0 Å².